The van der Waals surface area contributed by atoms with Crippen LogP contribution in [-0.4, -0.2) is 12.6 Å². The third-order valence-electron chi connectivity index (χ3n) is 3.85. The Morgan fingerprint density at radius 2 is 1.43 bits per heavy atom. The molecule has 0 fully saturated rings. The van der Waals surface area contributed by atoms with Gasteiger partial charge in [0.15, 0.2) is 0 Å². The van der Waals surface area contributed by atoms with Gasteiger partial charge >= 0.3 is 0 Å². The summed E-state index contributed by atoms with van der Waals surface area (Å²) in [5.41, 5.74) is 2.84. The first-order valence-electron chi connectivity index (χ1n) is 7.58. The van der Waals surface area contributed by atoms with Gasteiger partial charge in [-0.3, -0.25) is 0 Å². The van der Waals surface area contributed by atoms with Gasteiger partial charge in [0, 0.05) is 12.6 Å². The molecule has 114 valence electrons. The fourth-order valence-corrected chi connectivity index (χ4v) is 2.41. The molecule has 0 aromatic heterocycles. The van der Waals surface area contributed by atoms with Crippen LogP contribution in [0.3, 0.4) is 0 Å². The Hall–Kier alpha value is -1.31. The molecule has 0 bridgehead atoms. The highest BCUT2D eigenvalue weighted by molar-refractivity contribution is 5.85. The quantitative estimate of drug-likeness (QED) is 0.773. The molecule has 1 N–H and O–H groups in total. The largest absolute Gasteiger partial charge is 0.314 e. The van der Waals surface area contributed by atoms with E-state index in [1.807, 2.05) is 0 Å². The summed E-state index contributed by atoms with van der Waals surface area (Å²) in [5.74, 6) is 0.565. The molecule has 2 aromatic carbocycles. The van der Waals surface area contributed by atoms with Crippen LogP contribution in [0.5, 0.6) is 0 Å². The number of nitrogens with one attached hydrogen (secondary N) is 1. The van der Waals surface area contributed by atoms with E-state index < -0.39 is 0 Å². The number of halogens is 1. The third-order valence-corrected chi connectivity index (χ3v) is 3.85. The highest BCUT2D eigenvalue weighted by atomic mass is 35.5. The number of rotatable bonds is 7. The molecule has 0 aliphatic rings. The zero-order valence-electron chi connectivity index (χ0n) is 13.0. The second-order valence-corrected chi connectivity index (χ2v) is 5.65. The summed E-state index contributed by atoms with van der Waals surface area (Å²) in [5, 5.41) is 3.65. The molecule has 2 unspecified atom stereocenters. The summed E-state index contributed by atoms with van der Waals surface area (Å²) in [6.45, 7) is 5.60. The standard InChI is InChI=1S/C19H25N.ClH/c1-16(19-11-7-4-8-12-19)15-20-17(2)13-14-18-9-5-3-6-10-18;/h3-12,16-17,20H,13-15H2,1-2H3;1H. The van der Waals surface area contributed by atoms with Crippen LogP contribution in [0.2, 0.25) is 0 Å². The molecule has 2 heteroatoms. The Morgan fingerprint density at radius 1 is 0.857 bits per heavy atom. The molecule has 0 amide bonds. The number of benzene rings is 2. The average Bonchev–Trinajstić information content (AvgIpc) is 2.52. The maximum absolute atomic E-state index is 3.65. The van der Waals surface area contributed by atoms with Crippen molar-refractivity contribution < 1.29 is 0 Å². The first-order valence-corrected chi connectivity index (χ1v) is 7.58. The van der Waals surface area contributed by atoms with Gasteiger partial charge in [-0.05, 0) is 36.8 Å². The van der Waals surface area contributed by atoms with Crippen LogP contribution < -0.4 is 5.32 Å². The van der Waals surface area contributed by atoms with Gasteiger partial charge in [0.25, 0.3) is 0 Å². The molecule has 0 aliphatic carbocycles. The van der Waals surface area contributed by atoms with E-state index in [4.69, 9.17) is 0 Å². The Morgan fingerprint density at radius 3 is 2.05 bits per heavy atom. The van der Waals surface area contributed by atoms with E-state index in [1.54, 1.807) is 0 Å². The summed E-state index contributed by atoms with van der Waals surface area (Å²) in [6, 6.07) is 22.0. The van der Waals surface area contributed by atoms with Gasteiger partial charge in [-0.15, -0.1) is 12.4 Å². The predicted molar refractivity (Wildman–Crippen MR) is 94.3 cm³/mol. The van der Waals surface area contributed by atoms with Crippen LogP contribution in [0, 0.1) is 0 Å². The summed E-state index contributed by atoms with van der Waals surface area (Å²) in [4.78, 5) is 0. The second kappa shape index (κ2) is 9.59. The SMILES string of the molecule is CC(CCc1ccccc1)NCC(C)c1ccccc1.Cl. The van der Waals surface area contributed by atoms with Gasteiger partial charge in [-0.2, -0.15) is 0 Å². The minimum absolute atomic E-state index is 0. The molecule has 0 radical (unpaired) electrons. The van der Waals surface area contributed by atoms with Crippen molar-refractivity contribution in [1.29, 1.82) is 0 Å². The van der Waals surface area contributed by atoms with E-state index in [9.17, 15) is 0 Å². The number of hydrogen-bond acceptors (Lipinski definition) is 1. The van der Waals surface area contributed by atoms with Gasteiger partial charge in [-0.25, -0.2) is 0 Å². The van der Waals surface area contributed by atoms with Crippen LogP contribution in [-0.2, 0) is 6.42 Å². The van der Waals surface area contributed by atoms with Gasteiger partial charge in [0.05, 0.1) is 0 Å². The van der Waals surface area contributed by atoms with Gasteiger partial charge in [0.1, 0.15) is 0 Å². The lowest BCUT2D eigenvalue weighted by Gasteiger charge is -2.18. The third kappa shape index (κ3) is 6.33. The lowest BCUT2D eigenvalue weighted by molar-refractivity contribution is 0.492. The van der Waals surface area contributed by atoms with Crippen LogP contribution in [0.1, 0.15) is 37.3 Å². The first kappa shape index (κ1) is 17.7. The number of aryl methyl sites for hydroxylation is 1. The Labute approximate surface area is 135 Å². The zero-order valence-corrected chi connectivity index (χ0v) is 13.8. The fourth-order valence-electron chi connectivity index (χ4n) is 2.41. The Balaban J connectivity index is 0.00000220. The van der Waals surface area contributed by atoms with Crippen molar-refractivity contribution in [3.8, 4) is 0 Å². The smallest absolute Gasteiger partial charge is 0.00421 e. The van der Waals surface area contributed by atoms with Crippen molar-refractivity contribution in [3.63, 3.8) is 0 Å². The molecule has 2 aromatic rings. The summed E-state index contributed by atoms with van der Waals surface area (Å²) in [6.07, 6.45) is 2.33. The van der Waals surface area contributed by atoms with Gasteiger partial charge in [0.2, 0.25) is 0 Å². The van der Waals surface area contributed by atoms with Crippen LogP contribution in [0.25, 0.3) is 0 Å². The number of hydrogen-bond donors (Lipinski definition) is 1. The molecular weight excluding hydrogens is 278 g/mol. The maximum Gasteiger partial charge on any atom is 0.00421 e. The minimum Gasteiger partial charge on any atom is -0.314 e. The summed E-state index contributed by atoms with van der Waals surface area (Å²) < 4.78 is 0. The monoisotopic (exact) mass is 303 g/mol. The lowest BCUT2D eigenvalue weighted by Crippen LogP contribution is -2.30. The summed E-state index contributed by atoms with van der Waals surface area (Å²) in [7, 11) is 0. The normalized spacial score (nSPS) is 13.2. The van der Waals surface area contributed by atoms with E-state index in [2.05, 4.69) is 79.8 Å². The molecule has 2 rings (SSSR count). The molecule has 21 heavy (non-hydrogen) atoms. The van der Waals surface area contributed by atoms with Crippen molar-refractivity contribution in [2.75, 3.05) is 6.54 Å². The molecule has 1 nitrogen and oxygen atoms in total. The zero-order chi connectivity index (χ0) is 14.2. The van der Waals surface area contributed by atoms with Gasteiger partial charge < -0.3 is 5.32 Å². The van der Waals surface area contributed by atoms with Crippen molar-refractivity contribution in [2.24, 2.45) is 0 Å². The van der Waals surface area contributed by atoms with Crippen molar-refractivity contribution in [1.82, 2.24) is 5.32 Å². The highest BCUT2D eigenvalue weighted by Crippen LogP contribution is 2.13. The highest BCUT2D eigenvalue weighted by Gasteiger charge is 2.07. The van der Waals surface area contributed by atoms with E-state index >= 15 is 0 Å². The van der Waals surface area contributed by atoms with E-state index in [0.29, 0.717) is 12.0 Å². The topological polar surface area (TPSA) is 12.0 Å². The van der Waals surface area contributed by atoms with Crippen molar-refractivity contribution in [3.05, 3.63) is 71.8 Å². The molecule has 0 saturated heterocycles. The molecule has 0 saturated carbocycles. The lowest BCUT2D eigenvalue weighted by atomic mass is 10.0. The van der Waals surface area contributed by atoms with E-state index in [-0.39, 0.29) is 12.4 Å². The average molecular weight is 304 g/mol. The second-order valence-electron chi connectivity index (χ2n) is 5.65. The summed E-state index contributed by atoms with van der Waals surface area (Å²) >= 11 is 0. The molecular formula is C19H26ClN. The molecule has 0 spiro atoms. The maximum atomic E-state index is 3.65. The Bertz CT molecular complexity index is 483. The van der Waals surface area contributed by atoms with Gasteiger partial charge in [-0.1, -0.05) is 67.6 Å². The van der Waals surface area contributed by atoms with Crippen LogP contribution in [0.15, 0.2) is 60.7 Å². The van der Waals surface area contributed by atoms with Crippen LogP contribution in [0.4, 0.5) is 0 Å². The minimum atomic E-state index is 0. The molecule has 0 aliphatic heterocycles. The van der Waals surface area contributed by atoms with E-state index in [0.717, 1.165) is 13.0 Å². The molecule has 2 atom stereocenters. The van der Waals surface area contributed by atoms with Crippen LogP contribution >= 0.6 is 12.4 Å². The van der Waals surface area contributed by atoms with Crippen molar-refractivity contribution in [2.45, 2.75) is 38.6 Å². The Kier molecular flexibility index (Phi) is 8.11. The predicted octanol–water partition coefficient (Wildman–Crippen LogP) is 4.82. The fraction of sp³-hybridized carbons (Fsp3) is 0.368. The molecule has 0 heterocycles. The van der Waals surface area contributed by atoms with Crippen molar-refractivity contribution >= 4 is 12.4 Å². The van der Waals surface area contributed by atoms with E-state index in [1.165, 1.54) is 17.5 Å². The first-order chi connectivity index (χ1) is 9.75.